The number of carbonyl (C=O) groups is 1. The maximum Gasteiger partial charge on any atom is 0.349 e. The van der Waals surface area contributed by atoms with Crippen molar-refractivity contribution < 1.29 is 13.9 Å². The zero-order valence-corrected chi connectivity index (χ0v) is 14.0. The highest BCUT2D eigenvalue weighted by Crippen LogP contribution is 2.32. The van der Waals surface area contributed by atoms with Gasteiger partial charge in [0.2, 0.25) is 0 Å². The number of benzene rings is 1. The van der Waals surface area contributed by atoms with Crippen LogP contribution in [0.25, 0.3) is 17.4 Å². The molecule has 7 heteroatoms. The maximum absolute atomic E-state index is 11.7. The average molecular weight is 371 g/mol. The molecule has 1 heterocycles. The van der Waals surface area contributed by atoms with E-state index in [9.17, 15) is 4.79 Å². The Bertz CT molecular complexity index is 790. The molecule has 0 aliphatic heterocycles. The van der Waals surface area contributed by atoms with Gasteiger partial charge in [-0.1, -0.05) is 23.2 Å². The van der Waals surface area contributed by atoms with Crippen molar-refractivity contribution in [3.8, 4) is 17.4 Å². The molecule has 0 saturated heterocycles. The Morgan fingerprint density at radius 3 is 2.78 bits per heavy atom. The van der Waals surface area contributed by atoms with E-state index < -0.39 is 5.97 Å². The number of hydrogen-bond donors (Lipinski definition) is 0. The van der Waals surface area contributed by atoms with Crippen LogP contribution in [0.3, 0.4) is 0 Å². The van der Waals surface area contributed by atoms with E-state index in [-0.39, 0.29) is 18.1 Å². The Labute approximate surface area is 147 Å². The van der Waals surface area contributed by atoms with Gasteiger partial charge in [-0.25, -0.2) is 4.79 Å². The number of rotatable bonds is 5. The minimum atomic E-state index is -0.758. The van der Waals surface area contributed by atoms with Crippen LogP contribution in [0, 0.1) is 11.3 Å². The number of nitrogens with zero attached hydrogens (tertiary/aromatic N) is 1. The first-order chi connectivity index (χ1) is 11.0. The fraction of sp³-hybridized carbons (Fsp3) is 0.125. The number of esters is 1. The van der Waals surface area contributed by atoms with Crippen molar-refractivity contribution in [2.75, 3.05) is 12.5 Å². The predicted molar refractivity (Wildman–Crippen MR) is 89.4 cm³/mol. The van der Waals surface area contributed by atoms with Gasteiger partial charge in [0.15, 0.2) is 0 Å². The molecular formula is C16H10Cl3NO3. The van der Waals surface area contributed by atoms with Crippen LogP contribution in [0.4, 0.5) is 0 Å². The highest BCUT2D eigenvalue weighted by Gasteiger charge is 2.13. The summed E-state index contributed by atoms with van der Waals surface area (Å²) in [4.78, 5) is 11.7. The average Bonchev–Trinajstić information content (AvgIpc) is 3.01. The molecule has 0 radical (unpaired) electrons. The van der Waals surface area contributed by atoms with E-state index >= 15 is 0 Å². The third-order valence-electron chi connectivity index (χ3n) is 2.76. The zero-order valence-electron chi connectivity index (χ0n) is 11.7. The first kappa shape index (κ1) is 17.4. The van der Waals surface area contributed by atoms with Crippen molar-refractivity contribution in [1.29, 1.82) is 5.26 Å². The van der Waals surface area contributed by atoms with E-state index in [4.69, 9.17) is 49.2 Å². The van der Waals surface area contributed by atoms with Gasteiger partial charge in [0, 0.05) is 16.7 Å². The number of furan rings is 1. The third-order valence-corrected chi connectivity index (χ3v) is 3.48. The van der Waals surface area contributed by atoms with Crippen molar-refractivity contribution in [3.05, 3.63) is 51.7 Å². The summed E-state index contributed by atoms with van der Waals surface area (Å²) in [5.41, 5.74) is 0.426. The van der Waals surface area contributed by atoms with E-state index in [1.54, 1.807) is 36.4 Å². The van der Waals surface area contributed by atoms with Gasteiger partial charge < -0.3 is 9.15 Å². The van der Waals surface area contributed by atoms with Gasteiger partial charge in [-0.05, 0) is 30.3 Å². The second-order valence-corrected chi connectivity index (χ2v) is 5.54. The molecule has 0 bridgehead atoms. The van der Waals surface area contributed by atoms with Gasteiger partial charge in [-0.15, -0.1) is 11.6 Å². The molecule has 0 unspecified atom stereocenters. The van der Waals surface area contributed by atoms with Gasteiger partial charge >= 0.3 is 5.97 Å². The summed E-state index contributed by atoms with van der Waals surface area (Å²) in [6.45, 7) is 0.0287. The first-order valence-corrected chi connectivity index (χ1v) is 7.74. The SMILES string of the molecule is N#CC(=Cc1ccc(-c2cc(Cl)ccc2Cl)o1)C(=O)OCCCl. The number of ether oxygens (including phenoxy) is 1. The predicted octanol–water partition coefficient (Wildman–Crippen LogP) is 4.94. The van der Waals surface area contributed by atoms with Gasteiger partial charge in [0.05, 0.1) is 10.9 Å². The molecule has 0 N–H and O–H groups in total. The van der Waals surface area contributed by atoms with Crippen LogP contribution in [0.1, 0.15) is 5.76 Å². The number of hydrogen-bond acceptors (Lipinski definition) is 4. The topological polar surface area (TPSA) is 63.2 Å². The first-order valence-electron chi connectivity index (χ1n) is 6.45. The highest BCUT2D eigenvalue weighted by molar-refractivity contribution is 6.35. The Morgan fingerprint density at radius 2 is 2.09 bits per heavy atom. The molecule has 0 fully saturated rings. The van der Waals surface area contributed by atoms with E-state index in [0.717, 1.165) is 0 Å². The third kappa shape index (κ3) is 4.52. The lowest BCUT2D eigenvalue weighted by Gasteiger charge is -2.01. The number of halogens is 3. The van der Waals surface area contributed by atoms with Crippen LogP contribution in [-0.2, 0) is 9.53 Å². The molecule has 0 atom stereocenters. The van der Waals surface area contributed by atoms with Crippen molar-refractivity contribution in [1.82, 2.24) is 0 Å². The number of nitriles is 1. The summed E-state index contributed by atoms with van der Waals surface area (Å²) in [7, 11) is 0. The number of alkyl halides is 1. The Balaban J connectivity index is 2.28. The molecule has 0 aliphatic carbocycles. The van der Waals surface area contributed by atoms with Crippen LogP contribution in [0.2, 0.25) is 10.0 Å². The van der Waals surface area contributed by atoms with E-state index in [2.05, 4.69) is 0 Å². The summed E-state index contributed by atoms with van der Waals surface area (Å²) < 4.78 is 10.4. The minimum absolute atomic E-state index is 0.0287. The fourth-order valence-corrected chi connectivity index (χ4v) is 2.21. The smallest absolute Gasteiger partial charge is 0.349 e. The van der Waals surface area contributed by atoms with Gasteiger partial charge in [-0.2, -0.15) is 5.26 Å². The van der Waals surface area contributed by atoms with Gasteiger partial charge in [0.1, 0.15) is 29.8 Å². The lowest BCUT2D eigenvalue weighted by molar-refractivity contribution is -0.137. The molecule has 2 rings (SSSR count). The molecule has 2 aromatic rings. The quantitative estimate of drug-likeness (QED) is 0.323. The molecule has 118 valence electrons. The van der Waals surface area contributed by atoms with Crippen LogP contribution in [0.5, 0.6) is 0 Å². The summed E-state index contributed by atoms with van der Waals surface area (Å²) in [6.07, 6.45) is 1.29. The Kier molecular flexibility index (Phi) is 6.12. The molecule has 0 saturated carbocycles. The normalized spacial score (nSPS) is 11.1. The van der Waals surface area contributed by atoms with E-state index in [1.807, 2.05) is 0 Å². The summed E-state index contributed by atoms with van der Waals surface area (Å²) in [5, 5.41) is 10.0. The highest BCUT2D eigenvalue weighted by atomic mass is 35.5. The maximum atomic E-state index is 11.7. The van der Waals surface area contributed by atoms with Crippen molar-refractivity contribution in [2.45, 2.75) is 0 Å². The standard InChI is InChI=1S/C16H10Cl3NO3/c17-5-6-22-16(21)10(9-20)7-12-2-4-15(23-12)13-8-11(18)1-3-14(13)19/h1-4,7-8H,5-6H2. The molecule has 0 spiro atoms. The summed E-state index contributed by atoms with van der Waals surface area (Å²) >= 11 is 17.5. The van der Waals surface area contributed by atoms with Crippen LogP contribution in [-0.4, -0.2) is 18.5 Å². The van der Waals surface area contributed by atoms with Crippen molar-refractivity contribution >= 4 is 46.8 Å². The lowest BCUT2D eigenvalue weighted by atomic mass is 10.2. The van der Waals surface area contributed by atoms with Crippen LogP contribution in [0.15, 0.2) is 40.3 Å². The van der Waals surface area contributed by atoms with Crippen molar-refractivity contribution in [2.24, 2.45) is 0 Å². The fourth-order valence-electron chi connectivity index (χ4n) is 1.75. The second kappa shape index (κ2) is 8.07. The largest absolute Gasteiger partial charge is 0.460 e. The molecule has 1 aromatic heterocycles. The molecule has 1 aromatic carbocycles. The molecule has 4 nitrogen and oxygen atoms in total. The molecule has 23 heavy (non-hydrogen) atoms. The van der Waals surface area contributed by atoms with Gasteiger partial charge in [-0.3, -0.25) is 0 Å². The van der Waals surface area contributed by atoms with Crippen molar-refractivity contribution in [3.63, 3.8) is 0 Å². The zero-order chi connectivity index (χ0) is 16.8. The number of carbonyl (C=O) groups excluding carboxylic acids is 1. The summed E-state index contributed by atoms with van der Waals surface area (Å²) in [6, 6.07) is 10.0. The van der Waals surface area contributed by atoms with E-state index in [0.29, 0.717) is 27.1 Å². The monoisotopic (exact) mass is 369 g/mol. The summed E-state index contributed by atoms with van der Waals surface area (Å²) in [5.74, 6) is 0.181. The molecule has 0 amide bonds. The van der Waals surface area contributed by atoms with Gasteiger partial charge in [0.25, 0.3) is 0 Å². The minimum Gasteiger partial charge on any atom is -0.460 e. The van der Waals surface area contributed by atoms with Crippen LogP contribution >= 0.6 is 34.8 Å². The second-order valence-electron chi connectivity index (χ2n) is 4.32. The molecular weight excluding hydrogens is 361 g/mol. The Morgan fingerprint density at radius 1 is 1.30 bits per heavy atom. The van der Waals surface area contributed by atoms with Crippen LogP contribution < -0.4 is 0 Å². The van der Waals surface area contributed by atoms with E-state index in [1.165, 1.54) is 6.08 Å². The lowest BCUT2D eigenvalue weighted by Crippen LogP contribution is -2.08. The Hall–Kier alpha value is -1.93. The molecule has 0 aliphatic rings.